The topological polar surface area (TPSA) is 57.2 Å². The van der Waals surface area contributed by atoms with Gasteiger partial charge in [-0.25, -0.2) is 8.42 Å². The highest BCUT2D eigenvalue weighted by molar-refractivity contribution is 7.97. The predicted octanol–water partition coefficient (Wildman–Crippen LogP) is 7.97. The van der Waals surface area contributed by atoms with E-state index in [1.165, 1.54) is 33.1 Å². The Labute approximate surface area is 216 Å². The third-order valence-electron chi connectivity index (χ3n) is 5.66. The lowest BCUT2D eigenvalue weighted by Gasteiger charge is -2.19. The van der Waals surface area contributed by atoms with E-state index in [0.717, 1.165) is 19.3 Å². The molecule has 190 valence electrons. The van der Waals surface area contributed by atoms with Gasteiger partial charge in [-0.2, -0.15) is 0 Å². The van der Waals surface area contributed by atoms with E-state index < -0.39 is 10.1 Å². The number of rotatable bonds is 10. The van der Waals surface area contributed by atoms with Gasteiger partial charge in [0.1, 0.15) is 0 Å². The Hall–Kier alpha value is -2.08. The van der Waals surface area contributed by atoms with Crippen molar-refractivity contribution in [3.05, 3.63) is 90.5 Å². The first-order chi connectivity index (χ1) is 16.6. The molecule has 5 heteroatoms. The van der Waals surface area contributed by atoms with Gasteiger partial charge in [-0.15, -0.1) is 0 Å². The SMILES string of the molecule is CC(C)(C)c1ccc([S+](c2ccccc2)c2ccccc2)cc1.CCCCCCCCS(=O)(=O)[O-]. The highest BCUT2D eigenvalue weighted by Gasteiger charge is 2.28. The number of hydrogen-bond donors (Lipinski definition) is 0. The second kappa shape index (κ2) is 14.5. The molecule has 0 bridgehead atoms. The molecule has 35 heavy (non-hydrogen) atoms. The van der Waals surface area contributed by atoms with Crippen molar-refractivity contribution in [2.75, 3.05) is 5.75 Å². The largest absolute Gasteiger partial charge is 0.748 e. The minimum Gasteiger partial charge on any atom is -0.748 e. The first-order valence-electron chi connectivity index (χ1n) is 12.5. The molecule has 0 fully saturated rings. The van der Waals surface area contributed by atoms with Crippen molar-refractivity contribution in [2.45, 2.75) is 86.3 Å². The molecule has 0 aliphatic rings. The van der Waals surface area contributed by atoms with E-state index in [0.29, 0.717) is 6.42 Å². The highest BCUT2D eigenvalue weighted by Crippen LogP contribution is 2.32. The van der Waals surface area contributed by atoms with Gasteiger partial charge >= 0.3 is 0 Å². The molecule has 0 saturated carbocycles. The van der Waals surface area contributed by atoms with Gasteiger partial charge in [0.2, 0.25) is 0 Å². The molecule has 0 spiro atoms. The maximum atomic E-state index is 10.2. The van der Waals surface area contributed by atoms with E-state index in [1.807, 2.05) is 0 Å². The number of hydrogen-bond acceptors (Lipinski definition) is 3. The summed E-state index contributed by atoms with van der Waals surface area (Å²) >= 11 is 0. The third kappa shape index (κ3) is 11.0. The van der Waals surface area contributed by atoms with Crippen LogP contribution in [0.15, 0.2) is 99.6 Å². The summed E-state index contributed by atoms with van der Waals surface area (Å²) in [5, 5.41) is 0. The molecule has 3 nitrogen and oxygen atoms in total. The first kappa shape index (κ1) is 29.2. The number of unbranched alkanes of at least 4 members (excludes halogenated alkanes) is 5. The molecule has 0 aliphatic heterocycles. The fourth-order valence-corrected chi connectivity index (χ4v) is 6.31. The van der Waals surface area contributed by atoms with Crippen molar-refractivity contribution in [3.8, 4) is 0 Å². The third-order valence-corrected chi connectivity index (χ3v) is 8.68. The molecule has 3 aromatic carbocycles. The molecular formula is C30H40O3S2. The Morgan fingerprint density at radius 2 is 1.09 bits per heavy atom. The lowest BCUT2D eigenvalue weighted by atomic mass is 9.87. The van der Waals surface area contributed by atoms with E-state index in [-0.39, 0.29) is 22.1 Å². The van der Waals surface area contributed by atoms with Gasteiger partial charge in [0.25, 0.3) is 0 Å². The molecule has 0 heterocycles. The summed E-state index contributed by atoms with van der Waals surface area (Å²) in [5.41, 5.74) is 1.57. The Morgan fingerprint density at radius 1 is 0.657 bits per heavy atom. The van der Waals surface area contributed by atoms with Crippen LogP contribution in [0.2, 0.25) is 0 Å². The fourth-order valence-electron chi connectivity index (χ4n) is 3.67. The van der Waals surface area contributed by atoms with Crippen LogP contribution in [0, 0.1) is 0 Å². The summed E-state index contributed by atoms with van der Waals surface area (Å²) in [6, 6.07) is 30.7. The second-order valence-corrected chi connectivity index (χ2v) is 13.3. The predicted molar refractivity (Wildman–Crippen MR) is 148 cm³/mol. The molecule has 0 radical (unpaired) electrons. The Morgan fingerprint density at radius 3 is 1.51 bits per heavy atom. The van der Waals surface area contributed by atoms with Crippen LogP contribution in [0.5, 0.6) is 0 Å². The van der Waals surface area contributed by atoms with E-state index in [4.69, 9.17) is 0 Å². The van der Waals surface area contributed by atoms with Crippen LogP contribution in [-0.2, 0) is 26.4 Å². The zero-order chi connectivity index (χ0) is 25.7. The molecule has 3 aromatic rings. The monoisotopic (exact) mass is 512 g/mol. The fraction of sp³-hybridized carbons (Fsp3) is 0.400. The van der Waals surface area contributed by atoms with Crippen molar-refractivity contribution >= 4 is 21.0 Å². The Bertz CT molecular complexity index is 1030. The van der Waals surface area contributed by atoms with E-state index in [1.54, 1.807) is 0 Å². The molecular weight excluding hydrogens is 472 g/mol. The Balaban J connectivity index is 0.000000307. The Kier molecular flexibility index (Phi) is 12.1. The van der Waals surface area contributed by atoms with Gasteiger partial charge in [-0.1, -0.05) is 108 Å². The van der Waals surface area contributed by atoms with Gasteiger partial charge in [0.05, 0.1) is 21.0 Å². The standard InChI is InChI=1S/C22H23S.C8H18O3S/c1-22(2,3)18-14-16-21(17-15-18)23(19-10-6-4-7-11-19)20-12-8-5-9-13-20;1-2-3-4-5-6-7-8-12(9,10)11/h4-17H,1-3H3;2-8H2,1H3,(H,9,10,11)/q+1;/p-1. The van der Waals surface area contributed by atoms with Crippen LogP contribution in [0.1, 0.15) is 71.8 Å². The summed E-state index contributed by atoms with van der Waals surface area (Å²) in [6.07, 6.45) is 5.96. The average Bonchev–Trinajstić information content (AvgIpc) is 2.82. The summed E-state index contributed by atoms with van der Waals surface area (Å²) in [6.45, 7) is 8.91. The maximum Gasteiger partial charge on any atom is 0.166 e. The summed E-state index contributed by atoms with van der Waals surface area (Å²) in [4.78, 5) is 4.10. The van der Waals surface area contributed by atoms with Crippen LogP contribution < -0.4 is 0 Å². The minimum absolute atomic E-state index is 0.0497. The lowest BCUT2D eigenvalue weighted by molar-refractivity contribution is 0.459. The van der Waals surface area contributed by atoms with Crippen molar-refractivity contribution in [1.29, 1.82) is 0 Å². The van der Waals surface area contributed by atoms with Crippen molar-refractivity contribution in [2.24, 2.45) is 0 Å². The molecule has 0 N–H and O–H groups in total. The molecule has 0 saturated heterocycles. The minimum atomic E-state index is -3.97. The van der Waals surface area contributed by atoms with Gasteiger partial charge in [-0.05, 0) is 53.8 Å². The quantitative estimate of drug-likeness (QED) is 0.157. The van der Waals surface area contributed by atoms with Gasteiger partial charge in [0.15, 0.2) is 14.7 Å². The van der Waals surface area contributed by atoms with Crippen LogP contribution in [0.3, 0.4) is 0 Å². The zero-order valence-corrected chi connectivity index (χ0v) is 23.2. The van der Waals surface area contributed by atoms with E-state index >= 15 is 0 Å². The smallest absolute Gasteiger partial charge is 0.166 e. The van der Waals surface area contributed by atoms with Gasteiger partial charge < -0.3 is 4.55 Å². The normalized spacial score (nSPS) is 11.7. The molecule has 0 amide bonds. The molecule has 3 rings (SSSR count). The first-order valence-corrected chi connectivity index (χ1v) is 15.3. The van der Waals surface area contributed by atoms with Crippen molar-refractivity contribution in [3.63, 3.8) is 0 Å². The lowest BCUT2D eigenvalue weighted by Crippen LogP contribution is -2.11. The van der Waals surface area contributed by atoms with E-state index in [2.05, 4.69) is 113 Å². The second-order valence-electron chi connectivity index (χ2n) is 9.74. The van der Waals surface area contributed by atoms with Crippen molar-refractivity contribution in [1.82, 2.24) is 0 Å². The average molecular weight is 513 g/mol. The summed E-state index contributed by atoms with van der Waals surface area (Å²) < 4.78 is 30.5. The van der Waals surface area contributed by atoms with Crippen LogP contribution >= 0.6 is 0 Å². The summed E-state index contributed by atoms with van der Waals surface area (Å²) in [5.74, 6) is -0.195. The van der Waals surface area contributed by atoms with Gasteiger partial charge in [0, 0.05) is 5.75 Å². The van der Waals surface area contributed by atoms with Crippen LogP contribution in [0.25, 0.3) is 0 Å². The molecule has 0 aromatic heterocycles. The van der Waals surface area contributed by atoms with E-state index in [9.17, 15) is 13.0 Å². The zero-order valence-electron chi connectivity index (χ0n) is 21.6. The van der Waals surface area contributed by atoms with Crippen LogP contribution in [0.4, 0.5) is 0 Å². The van der Waals surface area contributed by atoms with Gasteiger partial charge in [-0.3, -0.25) is 0 Å². The summed E-state index contributed by atoms with van der Waals surface area (Å²) in [7, 11) is -4.02. The maximum absolute atomic E-state index is 10.2. The molecule has 0 aliphatic carbocycles. The molecule has 0 unspecified atom stereocenters. The van der Waals surface area contributed by atoms with Crippen molar-refractivity contribution < 1.29 is 13.0 Å². The number of benzene rings is 3. The molecule has 0 atom stereocenters. The van der Waals surface area contributed by atoms with Crippen LogP contribution in [-0.4, -0.2) is 18.7 Å². The highest BCUT2D eigenvalue weighted by atomic mass is 32.2.